The molecule has 2 unspecified atom stereocenters. The van der Waals surface area contributed by atoms with Crippen LogP contribution in [0.2, 0.25) is 0 Å². The van der Waals surface area contributed by atoms with Crippen LogP contribution in [0.3, 0.4) is 0 Å². The van der Waals surface area contributed by atoms with Gasteiger partial charge >= 0.3 is 0 Å². The fourth-order valence-electron chi connectivity index (χ4n) is 3.15. The SMILES string of the molecule is CCCNC1CCN(c2cc(C)cc(C)c2)CC1C. The summed E-state index contributed by atoms with van der Waals surface area (Å²) in [6.45, 7) is 12.5. The largest absolute Gasteiger partial charge is 0.371 e. The van der Waals surface area contributed by atoms with E-state index < -0.39 is 0 Å². The number of piperidine rings is 1. The highest BCUT2D eigenvalue weighted by molar-refractivity contribution is 5.51. The lowest BCUT2D eigenvalue weighted by atomic mass is 9.93. The molecule has 0 spiro atoms. The molecule has 1 fully saturated rings. The number of benzene rings is 1. The third-order valence-corrected chi connectivity index (χ3v) is 4.13. The molecule has 0 aliphatic carbocycles. The lowest BCUT2D eigenvalue weighted by Crippen LogP contribution is -2.48. The van der Waals surface area contributed by atoms with Gasteiger partial charge in [0.15, 0.2) is 0 Å². The second-order valence-corrected chi connectivity index (χ2v) is 6.12. The van der Waals surface area contributed by atoms with E-state index in [4.69, 9.17) is 0 Å². The van der Waals surface area contributed by atoms with E-state index in [2.05, 4.69) is 56.1 Å². The molecule has 0 saturated carbocycles. The van der Waals surface area contributed by atoms with Crippen LogP contribution in [0.15, 0.2) is 18.2 Å². The second kappa shape index (κ2) is 6.42. The first-order chi connectivity index (χ1) is 9.10. The van der Waals surface area contributed by atoms with Crippen molar-refractivity contribution in [2.45, 2.75) is 46.6 Å². The second-order valence-electron chi connectivity index (χ2n) is 6.12. The van der Waals surface area contributed by atoms with Gasteiger partial charge in [-0.2, -0.15) is 0 Å². The molecule has 1 aliphatic heterocycles. The predicted molar refractivity (Wildman–Crippen MR) is 84.0 cm³/mol. The Labute approximate surface area is 118 Å². The van der Waals surface area contributed by atoms with Gasteiger partial charge in [-0.1, -0.05) is 19.9 Å². The Kier molecular flexibility index (Phi) is 4.87. The average molecular weight is 260 g/mol. The van der Waals surface area contributed by atoms with Crippen molar-refractivity contribution in [3.05, 3.63) is 29.3 Å². The van der Waals surface area contributed by atoms with Crippen LogP contribution in [-0.4, -0.2) is 25.7 Å². The molecule has 2 atom stereocenters. The minimum atomic E-state index is 0.696. The highest BCUT2D eigenvalue weighted by Crippen LogP contribution is 2.25. The summed E-state index contributed by atoms with van der Waals surface area (Å²) in [4.78, 5) is 2.55. The molecule has 1 heterocycles. The molecule has 1 aromatic carbocycles. The molecule has 2 rings (SSSR count). The van der Waals surface area contributed by atoms with Gasteiger partial charge in [-0.25, -0.2) is 0 Å². The summed E-state index contributed by atoms with van der Waals surface area (Å²) in [5.41, 5.74) is 4.14. The maximum Gasteiger partial charge on any atom is 0.0371 e. The van der Waals surface area contributed by atoms with Crippen molar-refractivity contribution >= 4 is 5.69 Å². The molecule has 1 aliphatic rings. The average Bonchev–Trinajstić information content (AvgIpc) is 2.36. The number of anilines is 1. The van der Waals surface area contributed by atoms with E-state index in [1.807, 2.05) is 0 Å². The highest BCUT2D eigenvalue weighted by Gasteiger charge is 2.25. The topological polar surface area (TPSA) is 15.3 Å². The summed E-state index contributed by atoms with van der Waals surface area (Å²) < 4.78 is 0. The van der Waals surface area contributed by atoms with E-state index in [9.17, 15) is 0 Å². The number of hydrogen-bond acceptors (Lipinski definition) is 2. The van der Waals surface area contributed by atoms with Crippen LogP contribution in [0.5, 0.6) is 0 Å². The van der Waals surface area contributed by atoms with Gasteiger partial charge in [-0.05, 0) is 62.4 Å². The van der Waals surface area contributed by atoms with Crippen LogP contribution in [0.1, 0.15) is 37.8 Å². The van der Waals surface area contributed by atoms with Crippen LogP contribution in [-0.2, 0) is 0 Å². The van der Waals surface area contributed by atoms with Gasteiger partial charge in [0.25, 0.3) is 0 Å². The van der Waals surface area contributed by atoms with Crippen LogP contribution in [0.4, 0.5) is 5.69 Å². The monoisotopic (exact) mass is 260 g/mol. The van der Waals surface area contributed by atoms with Crippen molar-refractivity contribution in [2.24, 2.45) is 5.92 Å². The molecule has 2 heteroatoms. The number of hydrogen-bond donors (Lipinski definition) is 1. The van der Waals surface area contributed by atoms with Crippen molar-refractivity contribution in [1.29, 1.82) is 0 Å². The van der Waals surface area contributed by atoms with E-state index in [0.717, 1.165) is 12.5 Å². The number of nitrogens with one attached hydrogen (secondary N) is 1. The Morgan fingerprint density at radius 1 is 1.21 bits per heavy atom. The van der Waals surface area contributed by atoms with E-state index in [-0.39, 0.29) is 0 Å². The van der Waals surface area contributed by atoms with Gasteiger partial charge in [0.1, 0.15) is 0 Å². The predicted octanol–water partition coefficient (Wildman–Crippen LogP) is 3.52. The Morgan fingerprint density at radius 2 is 1.89 bits per heavy atom. The fourth-order valence-corrected chi connectivity index (χ4v) is 3.15. The van der Waals surface area contributed by atoms with Crippen molar-refractivity contribution in [1.82, 2.24) is 5.32 Å². The molecule has 19 heavy (non-hydrogen) atoms. The summed E-state index contributed by atoms with van der Waals surface area (Å²) >= 11 is 0. The van der Waals surface area contributed by atoms with Crippen molar-refractivity contribution < 1.29 is 0 Å². The van der Waals surface area contributed by atoms with Crippen molar-refractivity contribution in [2.75, 3.05) is 24.5 Å². The van der Waals surface area contributed by atoms with E-state index in [0.29, 0.717) is 6.04 Å². The van der Waals surface area contributed by atoms with Crippen LogP contribution >= 0.6 is 0 Å². The minimum Gasteiger partial charge on any atom is -0.371 e. The molecule has 1 aromatic rings. The summed E-state index contributed by atoms with van der Waals surface area (Å²) in [6.07, 6.45) is 2.48. The molecule has 1 N–H and O–H groups in total. The number of aryl methyl sites for hydroxylation is 2. The van der Waals surface area contributed by atoms with Crippen LogP contribution in [0.25, 0.3) is 0 Å². The highest BCUT2D eigenvalue weighted by atomic mass is 15.2. The maximum atomic E-state index is 3.69. The van der Waals surface area contributed by atoms with Crippen molar-refractivity contribution in [3.63, 3.8) is 0 Å². The molecule has 2 nitrogen and oxygen atoms in total. The summed E-state index contributed by atoms with van der Waals surface area (Å²) in [5, 5.41) is 3.69. The molecular weight excluding hydrogens is 232 g/mol. The zero-order valence-corrected chi connectivity index (χ0v) is 12.9. The van der Waals surface area contributed by atoms with Gasteiger partial charge in [-0.3, -0.25) is 0 Å². The third-order valence-electron chi connectivity index (χ3n) is 4.13. The van der Waals surface area contributed by atoms with E-state index in [1.54, 1.807) is 0 Å². The molecule has 0 radical (unpaired) electrons. The number of nitrogens with zero attached hydrogens (tertiary/aromatic N) is 1. The van der Waals surface area contributed by atoms with E-state index in [1.165, 1.54) is 42.7 Å². The lowest BCUT2D eigenvalue weighted by Gasteiger charge is -2.39. The third kappa shape index (κ3) is 3.73. The van der Waals surface area contributed by atoms with Crippen LogP contribution in [0, 0.1) is 19.8 Å². The zero-order chi connectivity index (χ0) is 13.8. The number of rotatable bonds is 4. The van der Waals surface area contributed by atoms with Gasteiger partial charge in [0.05, 0.1) is 0 Å². The first-order valence-corrected chi connectivity index (χ1v) is 7.66. The van der Waals surface area contributed by atoms with Gasteiger partial charge in [-0.15, -0.1) is 0 Å². The lowest BCUT2D eigenvalue weighted by molar-refractivity contribution is 0.322. The minimum absolute atomic E-state index is 0.696. The summed E-state index contributed by atoms with van der Waals surface area (Å²) in [7, 11) is 0. The Bertz CT molecular complexity index is 393. The normalized spacial score (nSPS) is 23.7. The standard InChI is InChI=1S/C17H28N2/c1-5-7-18-17-6-8-19(12-15(17)4)16-10-13(2)9-14(3)11-16/h9-11,15,17-18H,5-8,12H2,1-4H3. The van der Waals surface area contributed by atoms with Gasteiger partial charge in [0, 0.05) is 24.8 Å². The Hall–Kier alpha value is -1.02. The molecule has 0 aromatic heterocycles. The first kappa shape index (κ1) is 14.4. The molecule has 106 valence electrons. The fraction of sp³-hybridized carbons (Fsp3) is 0.647. The van der Waals surface area contributed by atoms with Crippen molar-refractivity contribution in [3.8, 4) is 0 Å². The molecule has 1 saturated heterocycles. The molecule has 0 amide bonds. The Morgan fingerprint density at radius 3 is 2.47 bits per heavy atom. The molecular formula is C17H28N2. The maximum absolute atomic E-state index is 3.69. The zero-order valence-electron chi connectivity index (χ0n) is 12.9. The van der Waals surface area contributed by atoms with Gasteiger partial charge in [0.2, 0.25) is 0 Å². The molecule has 0 bridgehead atoms. The van der Waals surface area contributed by atoms with Crippen LogP contribution < -0.4 is 10.2 Å². The van der Waals surface area contributed by atoms with E-state index >= 15 is 0 Å². The Balaban J connectivity index is 2.01. The smallest absolute Gasteiger partial charge is 0.0371 e. The summed E-state index contributed by atoms with van der Waals surface area (Å²) in [6, 6.07) is 7.59. The quantitative estimate of drug-likeness (QED) is 0.891. The summed E-state index contributed by atoms with van der Waals surface area (Å²) in [5.74, 6) is 0.723. The first-order valence-electron chi connectivity index (χ1n) is 7.66. The van der Waals surface area contributed by atoms with Gasteiger partial charge < -0.3 is 10.2 Å².